The van der Waals surface area contributed by atoms with Crippen molar-refractivity contribution in [3.05, 3.63) is 22.2 Å². The van der Waals surface area contributed by atoms with E-state index in [4.69, 9.17) is 14.2 Å². The summed E-state index contributed by atoms with van der Waals surface area (Å²) < 4.78 is 16.3. The lowest BCUT2D eigenvalue weighted by Gasteiger charge is -2.13. The number of halogens is 1. The average molecular weight is 402 g/mol. The van der Waals surface area contributed by atoms with Crippen molar-refractivity contribution in [1.82, 2.24) is 5.32 Å². The Hall–Kier alpha value is -1.76. The highest BCUT2D eigenvalue weighted by Crippen LogP contribution is 2.36. The number of amides is 1. The monoisotopic (exact) mass is 401 g/mol. The molecule has 0 radical (unpaired) electrons. The van der Waals surface area contributed by atoms with Crippen molar-refractivity contribution in [2.24, 2.45) is 0 Å². The minimum absolute atomic E-state index is 0.279. The Labute approximate surface area is 151 Å². The number of carbonyl (C=O) groups excluding carboxylic acids is 2. The third-order valence-corrected chi connectivity index (χ3v) is 3.78. The second-order valence-corrected chi connectivity index (χ2v) is 5.91. The number of hydrogen-bond donors (Lipinski definition) is 1. The predicted molar refractivity (Wildman–Crippen MR) is 94.7 cm³/mol. The van der Waals surface area contributed by atoms with Gasteiger partial charge in [0.25, 0.3) is 5.91 Å². The van der Waals surface area contributed by atoms with Crippen LogP contribution in [0.5, 0.6) is 11.5 Å². The number of benzene rings is 1. The first kappa shape index (κ1) is 20.3. The van der Waals surface area contributed by atoms with Gasteiger partial charge in [-0.3, -0.25) is 4.79 Å². The Morgan fingerprint density at radius 1 is 1.21 bits per heavy atom. The summed E-state index contributed by atoms with van der Waals surface area (Å²) in [5.41, 5.74) is 0.279. The Balaban J connectivity index is 2.61. The summed E-state index contributed by atoms with van der Waals surface area (Å²) in [5, 5.41) is 2.71. The van der Waals surface area contributed by atoms with Crippen LogP contribution in [0, 0.1) is 0 Å². The lowest BCUT2D eigenvalue weighted by atomic mass is 10.2. The van der Waals surface area contributed by atoms with Crippen LogP contribution in [0.4, 0.5) is 0 Å². The smallest absolute Gasteiger partial charge is 0.338 e. The summed E-state index contributed by atoms with van der Waals surface area (Å²) in [4.78, 5) is 23.7. The first-order valence-corrected chi connectivity index (χ1v) is 8.76. The van der Waals surface area contributed by atoms with Gasteiger partial charge in [0.2, 0.25) is 0 Å². The van der Waals surface area contributed by atoms with E-state index in [9.17, 15) is 9.59 Å². The van der Waals surface area contributed by atoms with Crippen molar-refractivity contribution in [2.45, 2.75) is 33.1 Å². The molecule has 24 heavy (non-hydrogen) atoms. The van der Waals surface area contributed by atoms with E-state index in [1.807, 2.05) is 6.92 Å². The zero-order chi connectivity index (χ0) is 17.9. The van der Waals surface area contributed by atoms with Crippen LogP contribution in [0.3, 0.4) is 0 Å². The third kappa shape index (κ3) is 6.39. The summed E-state index contributed by atoms with van der Waals surface area (Å²) in [5.74, 6) is 0.0320. The Morgan fingerprint density at radius 2 is 1.96 bits per heavy atom. The van der Waals surface area contributed by atoms with Gasteiger partial charge in [-0.1, -0.05) is 19.8 Å². The number of esters is 1. The molecule has 0 unspecified atom stereocenters. The van der Waals surface area contributed by atoms with Crippen molar-refractivity contribution in [3.8, 4) is 11.5 Å². The van der Waals surface area contributed by atoms with E-state index in [1.165, 1.54) is 13.2 Å². The van der Waals surface area contributed by atoms with Crippen molar-refractivity contribution in [2.75, 3.05) is 26.9 Å². The van der Waals surface area contributed by atoms with Crippen LogP contribution < -0.4 is 14.8 Å². The fourth-order valence-corrected chi connectivity index (χ4v) is 2.55. The van der Waals surface area contributed by atoms with E-state index in [1.54, 1.807) is 6.07 Å². The molecule has 0 atom stereocenters. The lowest BCUT2D eigenvalue weighted by molar-refractivity contribution is -0.124. The Kier molecular flexibility index (Phi) is 9.22. The maximum absolute atomic E-state index is 12.1. The molecule has 134 valence electrons. The quantitative estimate of drug-likeness (QED) is 0.480. The van der Waals surface area contributed by atoms with E-state index in [0.717, 1.165) is 19.3 Å². The number of hydrogen-bond acceptors (Lipinski definition) is 5. The molecular formula is C17H24BrNO5. The van der Waals surface area contributed by atoms with Crippen LogP contribution in [0.15, 0.2) is 16.6 Å². The van der Waals surface area contributed by atoms with E-state index in [0.29, 0.717) is 29.1 Å². The summed E-state index contributed by atoms with van der Waals surface area (Å²) in [6, 6.07) is 3.10. The van der Waals surface area contributed by atoms with Gasteiger partial charge in [0.15, 0.2) is 18.1 Å². The highest BCUT2D eigenvalue weighted by molar-refractivity contribution is 9.10. The molecule has 6 nitrogen and oxygen atoms in total. The fourth-order valence-electron chi connectivity index (χ4n) is 1.99. The van der Waals surface area contributed by atoms with Crippen LogP contribution in [0.25, 0.3) is 0 Å². The second kappa shape index (κ2) is 10.9. The molecule has 0 aliphatic rings. The average Bonchev–Trinajstić information content (AvgIpc) is 2.58. The summed E-state index contributed by atoms with van der Waals surface area (Å²) in [6.07, 6.45) is 3.05. The molecule has 0 saturated carbocycles. The molecular weight excluding hydrogens is 378 g/mol. The molecule has 0 heterocycles. The van der Waals surface area contributed by atoms with Gasteiger partial charge in [-0.15, -0.1) is 0 Å². The minimum Gasteiger partial charge on any atom is -0.493 e. The van der Waals surface area contributed by atoms with Crippen molar-refractivity contribution < 1.29 is 23.8 Å². The SMILES string of the molecule is CCCCCNC(=O)COC(=O)c1cc(Br)c(OCC)c(OC)c1. The number of carbonyl (C=O) groups is 2. The molecule has 1 N–H and O–H groups in total. The summed E-state index contributed by atoms with van der Waals surface area (Å²) >= 11 is 3.34. The molecule has 7 heteroatoms. The molecule has 1 aromatic rings. The van der Waals surface area contributed by atoms with Crippen LogP contribution in [-0.4, -0.2) is 38.7 Å². The Bertz CT molecular complexity index is 562. The van der Waals surface area contributed by atoms with E-state index in [-0.39, 0.29) is 18.1 Å². The van der Waals surface area contributed by atoms with Crippen molar-refractivity contribution >= 4 is 27.8 Å². The van der Waals surface area contributed by atoms with Gasteiger partial charge >= 0.3 is 5.97 Å². The highest BCUT2D eigenvalue weighted by atomic mass is 79.9. The largest absolute Gasteiger partial charge is 0.493 e. The van der Waals surface area contributed by atoms with Gasteiger partial charge in [0.05, 0.1) is 23.8 Å². The molecule has 1 amide bonds. The molecule has 0 fully saturated rings. The predicted octanol–water partition coefficient (Wildman–Crippen LogP) is 3.32. The lowest BCUT2D eigenvalue weighted by Crippen LogP contribution is -2.29. The molecule has 0 spiro atoms. The Morgan fingerprint density at radius 3 is 2.58 bits per heavy atom. The number of rotatable bonds is 10. The van der Waals surface area contributed by atoms with Gasteiger partial charge < -0.3 is 19.5 Å². The van der Waals surface area contributed by atoms with Crippen molar-refractivity contribution in [3.63, 3.8) is 0 Å². The molecule has 0 aliphatic carbocycles. The first-order valence-electron chi connectivity index (χ1n) is 7.97. The summed E-state index contributed by atoms with van der Waals surface area (Å²) in [7, 11) is 1.49. The molecule has 1 aromatic carbocycles. The molecule has 1 rings (SSSR count). The molecule has 0 saturated heterocycles. The van der Waals surface area contributed by atoms with Crippen molar-refractivity contribution in [1.29, 1.82) is 0 Å². The van der Waals surface area contributed by atoms with E-state index in [2.05, 4.69) is 28.2 Å². The van der Waals surface area contributed by atoms with Gasteiger partial charge in [-0.25, -0.2) is 4.79 Å². The van der Waals surface area contributed by atoms with Crippen LogP contribution in [-0.2, 0) is 9.53 Å². The number of unbranched alkanes of at least 4 members (excludes halogenated alkanes) is 2. The molecule has 0 aromatic heterocycles. The van der Waals surface area contributed by atoms with E-state index < -0.39 is 5.97 Å². The van der Waals surface area contributed by atoms with Crippen LogP contribution >= 0.6 is 15.9 Å². The molecule has 0 bridgehead atoms. The third-order valence-electron chi connectivity index (χ3n) is 3.19. The van der Waals surface area contributed by atoms with Crippen LogP contribution in [0.2, 0.25) is 0 Å². The van der Waals surface area contributed by atoms with Gasteiger partial charge in [-0.2, -0.15) is 0 Å². The normalized spacial score (nSPS) is 10.2. The topological polar surface area (TPSA) is 73.9 Å². The zero-order valence-electron chi connectivity index (χ0n) is 14.3. The highest BCUT2D eigenvalue weighted by Gasteiger charge is 2.17. The summed E-state index contributed by atoms with van der Waals surface area (Å²) in [6.45, 7) is 4.70. The van der Waals surface area contributed by atoms with Crippen LogP contribution in [0.1, 0.15) is 43.5 Å². The standard InChI is InChI=1S/C17H24BrNO5/c1-4-6-7-8-19-15(20)11-24-17(21)12-9-13(18)16(23-5-2)14(10-12)22-3/h9-10H,4-8,11H2,1-3H3,(H,19,20). The number of methoxy groups -OCH3 is 1. The zero-order valence-corrected chi connectivity index (χ0v) is 15.9. The van der Waals surface area contributed by atoms with Gasteiger partial charge in [0.1, 0.15) is 0 Å². The minimum atomic E-state index is -0.597. The molecule has 0 aliphatic heterocycles. The van der Waals surface area contributed by atoms with E-state index >= 15 is 0 Å². The number of ether oxygens (including phenoxy) is 3. The number of nitrogens with one attached hydrogen (secondary N) is 1. The van der Waals surface area contributed by atoms with Gasteiger partial charge in [-0.05, 0) is 41.4 Å². The maximum atomic E-state index is 12.1. The first-order chi connectivity index (χ1) is 11.5. The maximum Gasteiger partial charge on any atom is 0.338 e. The fraction of sp³-hybridized carbons (Fsp3) is 0.529. The van der Waals surface area contributed by atoms with Gasteiger partial charge in [0, 0.05) is 6.54 Å². The second-order valence-electron chi connectivity index (χ2n) is 5.06.